The average molecular weight is 257 g/mol. The van der Waals surface area contributed by atoms with Crippen molar-refractivity contribution in [1.82, 2.24) is 9.80 Å². The Morgan fingerprint density at radius 3 is 2.39 bits per heavy atom. The van der Waals surface area contributed by atoms with Gasteiger partial charge in [-0.05, 0) is 26.3 Å². The second-order valence-corrected chi connectivity index (χ2v) is 4.88. The minimum absolute atomic E-state index is 0.101. The lowest BCUT2D eigenvalue weighted by molar-refractivity contribution is -0.143. The van der Waals surface area contributed by atoms with Gasteiger partial charge in [-0.15, -0.1) is 0 Å². The van der Waals surface area contributed by atoms with Crippen LogP contribution in [0.15, 0.2) is 0 Å². The summed E-state index contributed by atoms with van der Waals surface area (Å²) < 4.78 is 5.08. The van der Waals surface area contributed by atoms with E-state index in [9.17, 15) is 4.79 Å². The van der Waals surface area contributed by atoms with E-state index in [1.54, 1.807) is 14.0 Å². The molecule has 0 aromatic rings. The van der Waals surface area contributed by atoms with Crippen molar-refractivity contribution >= 4 is 5.91 Å². The molecule has 2 atom stereocenters. The molecule has 0 aromatic heterocycles. The van der Waals surface area contributed by atoms with Crippen LogP contribution >= 0.6 is 0 Å². The molecule has 1 aliphatic heterocycles. The zero-order valence-electron chi connectivity index (χ0n) is 11.9. The predicted octanol–water partition coefficient (Wildman–Crippen LogP) is 0.293. The van der Waals surface area contributed by atoms with Gasteiger partial charge in [0.1, 0.15) is 6.10 Å². The molecular weight excluding hydrogens is 230 g/mol. The summed E-state index contributed by atoms with van der Waals surface area (Å²) in [6.45, 7) is 8.23. The summed E-state index contributed by atoms with van der Waals surface area (Å²) in [4.78, 5) is 16.3. The monoisotopic (exact) mass is 257 g/mol. The summed E-state index contributed by atoms with van der Waals surface area (Å²) in [5.74, 6) is 0.101. The molecule has 0 aliphatic carbocycles. The summed E-state index contributed by atoms with van der Waals surface area (Å²) in [7, 11) is 1.58. The van der Waals surface area contributed by atoms with Crippen molar-refractivity contribution in [2.75, 3.05) is 39.8 Å². The molecule has 0 spiro atoms. The summed E-state index contributed by atoms with van der Waals surface area (Å²) >= 11 is 0. The van der Waals surface area contributed by atoms with Gasteiger partial charge in [-0.25, -0.2) is 0 Å². The van der Waals surface area contributed by atoms with E-state index in [4.69, 9.17) is 10.5 Å². The number of amides is 1. The molecule has 0 saturated carbocycles. The van der Waals surface area contributed by atoms with Crippen LogP contribution in [-0.4, -0.2) is 67.7 Å². The van der Waals surface area contributed by atoms with Crippen LogP contribution in [0.5, 0.6) is 0 Å². The summed E-state index contributed by atoms with van der Waals surface area (Å²) in [6.07, 6.45) is 1.83. The second kappa shape index (κ2) is 7.71. The SMILES string of the molecule is CCC(CCN)N1CCN(C(=O)C(C)OC)CC1. The van der Waals surface area contributed by atoms with Crippen LogP contribution < -0.4 is 5.73 Å². The van der Waals surface area contributed by atoms with Crippen LogP contribution in [0, 0.1) is 0 Å². The molecule has 18 heavy (non-hydrogen) atoms. The third-order valence-electron chi connectivity index (χ3n) is 3.81. The molecule has 1 amide bonds. The number of methoxy groups -OCH3 is 1. The topological polar surface area (TPSA) is 58.8 Å². The maximum absolute atomic E-state index is 12.0. The van der Waals surface area contributed by atoms with Gasteiger partial charge in [-0.2, -0.15) is 0 Å². The number of hydrogen-bond donors (Lipinski definition) is 1. The fourth-order valence-corrected chi connectivity index (χ4v) is 2.50. The van der Waals surface area contributed by atoms with Gasteiger partial charge in [-0.1, -0.05) is 6.92 Å². The van der Waals surface area contributed by atoms with Gasteiger partial charge in [0.15, 0.2) is 0 Å². The molecule has 0 bridgehead atoms. The lowest BCUT2D eigenvalue weighted by Crippen LogP contribution is -2.54. The first-order valence-electron chi connectivity index (χ1n) is 6.89. The van der Waals surface area contributed by atoms with Crippen LogP contribution in [0.3, 0.4) is 0 Å². The molecule has 1 aliphatic rings. The lowest BCUT2D eigenvalue weighted by atomic mass is 10.1. The number of rotatable bonds is 6. The zero-order valence-corrected chi connectivity index (χ0v) is 11.9. The summed E-state index contributed by atoms with van der Waals surface area (Å²) in [5, 5.41) is 0. The first-order chi connectivity index (χ1) is 8.63. The summed E-state index contributed by atoms with van der Waals surface area (Å²) in [6, 6.07) is 0.562. The highest BCUT2D eigenvalue weighted by atomic mass is 16.5. The fraction of sp³-hybridized carbons (Fsp3) is 0.923. The lowest BCUT2D eigenvalue weighted by Gasteiger charge is -2.39. The highest BCUT2D eigenvalue weighted by Crippen LogP contribution is 2.13. The van der Waals surface area contributed by atoms with Crippen LogP contribution in [-0.2, 0) is 9.53 Å². The number of hydrogen-bond acceptors (Lipinski definition) is 4. The van der Waals surface area contributed by atoms with Crippen LogP contribution in [0.2, 0.25) is 0 Å². The molecular formula is C13H27N3O2. The van der Waals surface area contributed by atoms with Crippen molar-refractivity contribution in [2.24, 2.45) is 5.73 Å². The Balaban J connectivity index is 2.42. The van der Waals surface area contributed by atoms with Gasteiger partial charge in [-0.3, -0.25) is 9.69 Å². The Morgan fingerprint density at radius 2 is 1.94 bits per heavy atom. The molecule has 5 nitrogen and oxygen atoms in total. The van der Waals surface area contributed by atoms with Crippen molar-refractivity contribution in [3.8, 4) is 0 Å². The minimum Gasteiger partial charge on any atom is -0.372 e. The van der Waals surface area contributed by atoms with E-state index >= 15 is 0 Å². The Labute approximate surface area is 110 Å². The summed E-state index contributed by atoms with van der Waals surface area (Å²) in [5.41, 5.74) is 5.64. The van der Waals surface area contributed by atoms with Gasteiger partial charge in [0.2, 0.25) is 0 Å². The number of piperazine rings is 1. The molecule has 2 N–H and O–H groups in total. The highest BCUT2D eigenvalue weighted by Gasteiger charge is 2.27. The largest absolute Gasteiger partial charge is 0.372 e. The van der Waals surface area contributed by atoms with E-state index in [1.807, 2.05) is 4.90 Å². The fourth-order valence-electron chi connectivity index (χ4n) is 2.50. The quantitative estimate of drug-likeness (QED) is 0.743. The predicted molar refractivity (Wildman–Crippen MR) is 72.4 cm³/mol. The molecule has 5 heteroatoms. The molecule has 106 valence electrons. The Morgan fingerprint density at radius 1 is 1.33 bits per heavy atom. The van der Waals surface area contributed by atoms with E-state index < -0.39 is 0 Å². The molecule has 1 rings (SSSR count). The number of carbonyl (C=O) groups is 1. The Kier molecular flexibility index (Phi) is 6.60. The molecule has 1 fully saturated rings. The number of nitrogens with zero attached hydrogens (tertiary/aromatic N) is 2. The van der Waals surface area contributed by atoms with Crippen molar-refractivity contribution < 1.29 is 9.53 Å². The molecule has 2 unspecified atom stereocenters. The molecule has 1 heterocycles. The van der Waals surface area contributed by atoms with Crippen molar-refractivity contribution in [3.05, 3.63) is 0 Å². The van der Waals surface area contributed by atoms with Crippen molar-refractivity contribution in [1.29, 1.82) is 0 Å². The first kappa shape index (κ1) is 15.4. The van der Waals surface area contributed by atoms with E-state index in [-0.39, 0.29) is 12.0 Å². The van der Waals surface area contributed by atoms with Gasteiger partial charge < -0.3 is 15.4 Å². The van der Waals surface area contributed by atoms with E-state index in [0.717, 1.165) is 45.6 Å². The van der Waals surface area contributed by atoms with E-state index in [1.165, 1.54) is 0 Å². The van der Waals surface area contributed by atoms with E-state index in [2.05, 4.69) is 11.8 Å². The maximum Gasteiger partial charge on any atom is 0.251 e. The standard InChI is InChI=1S/C13H27N3O2/c1-4-12(5-6-14)15-7-9-16(10-8-15)13(17)11(2)18-3/h11-12H,4-10,14H2,1-3H3. The molecule has 1 saturated heterocycles. The van der Waals surface area contributed by atoms with Crippen molar-refractivity contribution in [3.63, 3.8) is 0 Å². The van der Waals surface area contributed by atoms with Gasteiger partial charge in [0.25, 0.3) is 5.91 Å². The van der Waals surface area contributed by atoms with Gasteiger partial charge in [0.05, 0.1) is 0 Å². The number of nitrogens with two attached hydrogens (primary N) is 1. The Bertz CT molecular complexity index is 253. The second-order valence-electron chi connectivity index (χ2n) is 4.88. The third-order valence-corrected chi connectivity index (χ3v) is 3.81. The number of ether oxygens (including phenoxy) is 1. The van der Waals surface area contributed by atoms with Crippen molar-refractivity contribution in [2.45, 2.75) is 38.8 Å². The Hall–Kier alpha value is -0.650. The first-order valence-corrected chi connectivity index (χ1v) is 6.89. The van der Waals surface area contributed by atoms with Gasteiger partial charge >= 0.3 is 0 Å². The normalized spacial score (nSPS) is 20.8. The van der Waals surface area contributed by atoms with Crippen LogP contribution in [0.4, 0.5) is 0 Å². The zero-order chi connectivity index (χ0) is 13.5. The van der Waals surface area contributed by atoms with E-state index in [0.29, 0.717) is 6.04 Å². The minimum atomic E-state index is -0.331. The highest BCUT2D eigenvalue weighted by molar-refractivity contribution is 5.80. The number of carbonyl (C=O) groups excluding carboxylic acids is 1. The average Bonchev–Trinajstić information content (AvgIpc) is 2.43. The van der Waals surface area contributed by atoms with Gasteiger partial charge in [0, 0.05) is 39.3 Å². The van der Waals surface area contributed by atoms with Crippen LogP contribution in [0.25, 0.3) is 0 Å². The smallest absolute Gasteiger partial charge is 0.251 e. The van der Waals surface area contributed by atoms with Crippen LogP contribution in [0.1, 0.15) is 26.7 Å². The third kappa shape index (κ3) is 3.93. The molecule has 0 aromatic carbocycles. The molecule has 0 radical (unpaired) electrons. The maximum atomic E-state index is 12.0.